The van der Waals surface area contributed by atoms with Crippen molar-refractivity contribution in [2.24, 2.45) is 0 Å². The van der Waals surface area contributed by atoms with Crippen LogP contribution in [-0.4, -0.2) is 83.6 Å². The molecule has 0 N–H and O–H groups in total. The lowest BCUT2D eigenvalue weighted by molar-refractivity contribution is 0.0765. The maximum Gasteiger partial charge on any atom is 0.203 e. The Bertz CT molecular complexity index is 863. The van der Waals surface area contributed by atoms with Crippen LogP contribution in [0.3, 0.4) is 0 Å². The van der Waals surface area contributed by atoms with E-state index in [4.69, 9.17) is 14.2 Å². The van der Waals surface area contributed by atoms with E-state index in [1.807, 2.05) is 16.8 Å². The van der Waals surface area contributed by atoms with Gasteiger partial charge < -0.3 is 14.2 Å². The molecule has 1 unspecified atom stereocenters. The summed E-state index contributed by atoms with van der Waals surface area (Å²) >= 11 is 0. The van der Waals surface area contributed by atoms with Gasteiger partial charge in [-0.25, -0.2) is 4.68 Å². The minimum Gasteiger partial charge on any atom is -0.493 e. The van der Waals surface area contributed by atoms with E-state index in [1.54, 1.807) is 21.3 Å². The van der Waals surface area contributed by atoms with Crippen LogP contribution in [0.4, 0.5) is 0 Å². The summed E-state index contributed by atoms with van der Waals surface area (Å²) in [6.45, 7) is 8.25. The van der Waals surface area contributed by atoms with Crippen LogP contribution in [0.1, 0.15) is 63.0 Å². The Morgan fingerprint density at radius 2 is 1.53 bits per heavy atom. The number of benzene rings is 1. The van der Waals surface area contributed by atoms with Gasteiger partial charge in [-0.15, -0.1) is 5.10 Å². The third-order valence-corrected chi connectivity index (χ3v) is 6.81. The molecule has 2 heterocycles. The number of ether oxygens (including phenoxy) is 3. The smallest absolute Gasteiger partial charge is 0.203 e. The van der Waals surface area contributed by atoms with Crippen LogP contribution in [0, 0.1) is 0 Å². The highest BCUT2D eigenvalue weighted by molar-refractivity contribution is 5.55. The minimum atomic E-state index is -0.105. The average Bonchev–Trinajstić information content (AvgIpc) is 3.52. The SMILES string of the molecule is COc1cc(C(c2nnnn2C(C)C)N2CCN(C3CCCC3)CC2)cc(OC)c1OC. The molecule has 9 nitrogen and oxygen atoms in total. The third kappa shape index (κ3) is 4.41. The van der Waals surface area contributed by atoms with Gasteiger partial charge in [0, 0.05) is 32.2 Å². The normalized spacial score (nSPS) is 19.4. The number of hydrogen-bond donors (Lipinski definition) is 0. The molecule has 1 aromatic heterocycles. The number of piperazine rings is 1. The molecule has 0 amide bonds. The molecule has 0 spiro atoms. The van der Waals surface area contributed by atoms with Gasteiger partial charge in [0.25, 0.3) is 0 Å². The largest absolute Gasteiger partial charge is 0.493 e. The van der Waals surface area contributed by atoms with Crippen molar-refractivity contribution in [1.82, 2.24) is 30.0 Å². The van der Waals surface area contributed by atoms with Crippen LogP contribution < -0.4 is 14.2 Å². The fraction of sp³-hybridized carbons (Fsp3) is 0.696. The summed E-state index contributed by atoms with van der Waals surface area (Å²) in [7, 11) is 4.92. The van der Waals surface area contributed by atoms with E-state index in [0.717, 1.165) is 43.6 Å². The molecule has 0 bridgehead atoms. The standard InChI is InChI=1S/C23H36N6O3/c1-16(2)29-23(24-25-26-29)21(17-14-19(30-3)22(32-5)20(15-17)31-4)28-12-10-27(11-13-28)18-8-6-7-9-18/h14-16,18,21H,6-13H2,1-5H3. The van der Waals surface area contributed by atoms with Crippen molar-refractivity contribution in [3.63, 3.8) is 0 Å². The Kier molecular flexibility index (Phi) is 7.15. The van der Waals surface area contributed by atoms with E-state index in [-0.39, 0.29) is 12.1 Å². The van der Waals surface area contributed by atoms with E-state index >= 15 is 0 Å². The number of aromatic nitrogens is 4. The first-order valence-corrected chi connectivity index (χ1v) is 11.6. The van der Waals surface area contributed by atoms with Crippen molar-refractivity contribution in [2.75, 3.05) is 47.5 Å². The Labute approximate surface area is 190 Å². The highest BCUT2D eigenvalue weighted by Gasteiger charge is 2.34. The summed E-state index contributed by atoms with van der Waals surface area (Å²) in [4.78, 5) is 5.15. The molecule has 176 valence electrons. The van der Waals surface area contributed by atoms with Crippen molar-refractivity contribution in [2.45, 2.75) is 57.7 Å². The maximum atomic E-state index is 5.65. The quantitative estimate of drug-likeness (QED) is 0.615. The van der Waals surface area contributed by atoms with Crippen LogP contribution >= 0.6 is 0 Å². The highest BCUT2D eigenvalue weighted by atomic mass is 16.5. The van der Waals surface area contributed by atoms with Crippen LogP contribution in [0.15, 0.2) is 12.1 Å². The van der Waals surface area contributed by atoms with E-state index in [2.05, 4.69) is 39.2 Å². The van der Waals surface area contributed by atoms with Gasteiger partial charge in [0.05, 0.1) is 33.4 Å². The van der Waals surface area contributed by atoms with E-state index in [9.17, 15) is 0 Å². The van der Waals surface area contributed by atoms with E-state index in [1.165, 1.54) is 25.7 Å². The van der Waals surface area contributed by atoms with Crippen molar-refractivity contribution in [1.29, 1.82) is 0 Å². The lowest BCUT2D eigenvalue weighted by atomic mass is 10.0. The molecule has 4 rings (SSSR count). The molecule has 1 aliphatic carbocycles. The fourth-order valence-electron chi connectivity index (χ4n) is 5.16. The molecule has 1 aromatic carbocycles. The second-order valence-corrected chi connectivity index (χ2v) is 8.95. The van der Waals surface area contributed by atoms with Gasteiger partial charge in [-0.1, -0.05) is 12.8 Å². The van der Waals surface area contributed by atoms with Crippen molar-refractivity contribution in [3.8, 4) is 17.2 Å². The molecule has 2 aromatic rings. The van der Waals surface area contributed by atoms with Gasteiger partial charge in [0.15, 0.2) is 17.3 Å². The lowest BCUT2D eigenvalue weighted by Crippen LogP contribution is -2.51. The Hall–Kier alpha value is -2.39. The summed E-state index contributed by atoms with van der Waals surface area (Å²) in [5, 5.41) is 12.8. The predicted octanol–water partition coefficient (Wildman–Crippen LogP) is 2.93. The van der Waals surface area contributed by atoms with Crippen LogP contribution in [-0.2, 0) is 0 Å². The molecule has 1 aliphatic heterocycles. The van der Waals surface area contributed by atoms with Crippen molar-refractivity contribution >= 4 is 0 Å². The van der Waals surface area contributed by atoms with Crippen LogP contribution in [0.25, 0.3) is 0 Å². The zero-order valence-corrected chi connectivity index (χ0v) is 20.0. The van der Waals surface area contributed by atoms with Gasteiger partial charge in [-0.2, -0.15) is 0 Å². The van der Waals surface area contributed by atoms with Crippen LogP contribution in [0.2, 0.25) is 0 Å². The molecule has 0 radical (unpaired) electrons. The average molecular weight is 445 g/mol. The maximum absolute atomic E-state index is 5.65. The first kappa shape index (κ1) is 22.8. The monoisotopic (exact) mass is 444 g/mol. The fourth-order valence-corrected chi connectivity index (χ4v) is 5.16. The zero-order valence-electron chi connectivity index (χ0n) is 20.0. The third-order valence-electron chi connectivity index (χ3n) is 6.81. The molecule has 32 heavy (non-hydrogen) atoms. The van der Waals surface area contributed by atoms with Crippen molar-refractivity contribution < 1.29 is 14.2 Å². The predicted molar refractivity (Wildman–Crippen MR) is 122 cm³/mol. The van der Waals surface area contributed by atoms with E-state index in [0.29, 0.717) is 17.2 Å². The summed E-state index contributed by atoms with van der Waals surface area (Å²) in [5.74, 6) is 2.70. The second-order valence-electron chi connectivity index (χ2n) is 8.95. The Balaban J connectivity index is 1.70. The van der Waals surface area contributed by atoms with Gasteiger partial charge >= 0.3 is 0 Å². The number of tetrazole rings is 1. The summed E-state index contributed by atoms with van der Waals surface area (Å²) in [5.41, 5.74) is 1.03. The minimum absolute atomic E-state index is 0.105. The molecule has 1 atom stereocenters. The molecular weight excluding hydrogens is 408 g/mol. The summed E-state index contributed by atoms with van der Waals surface area (Å²) in [6, 6.07) is 4.84. The summed E-state index contributed by atoms with van der Waals surface area (Å²) in [6.07, 6.45) is 5.40. The molecule has 1 saturated heterocycles. The van der Waals surface area contributed by atoms with Gasteiger partial charge in [0.2, 0.25) is 5.75 Å². The van der Waals surface area contributed by atoms with Crippen molar-refractivity contribution in [3.05, 3.63) is 23.5 Å². The highest BCUT2D eigenvalue weighted by Crippen LogP contribution is 2.42. The Morgan fingerprint density at radius 1 is 0.906 bits per heavy atom. The number of methoxy groups -OCH3 is 3. The first-order valence-electron chi connectivity index (χ1n) is 11.6. The number of nitrogens with zero attached hydrogens (tertiary/aromatic N) is 6. The van der Waals surface area contributed by atoms with Crippen LogP contribution in [0.5, 0.6) is 17.2 Å². The van der Waals surface area contributed by atoms with Gasteiger partial charge in [-0.05, 0) is 54.8 Å². The van der Waals surface area contributed by atoms with E-state index < -0.39 is 0 Å². The van der Waals surface area contributed by atoms with Gasteiger partial charge in [-0.3, -0.25) is 9.80 Å². The lowest BCUT2D eigenvalue weighted by Gasteiger charge is -2.41. The molecule has 2 fully saturated rings. The summed E-state index contributed by atoms with van der Waals surface area (Å²) < 4.78 is 18.8. The molecule has 9 heteroatoms. The zero-order chi connectivity index (χ0) is 22.7. The second kappa shape index (κ2) is 10.0. The molecular formula is C23H36N6O3. The Morgan fingerprint density at radius 3 is 2.06 bits per heavy atom. The van der Waals surface area contributed by atoms with Gasteiger partial charge in [0.1, 0.15) is 0 Å². The topological polar surface area (TPSA) is 77.8 Å². The molecule has 1 saturated carbocycles. The first-order chi connectivity index (χ1) is 15.6. The number of hydrogen-bond acceptors (Lipinski definition) is 8. The number of rotatable bonds is 8. The molecule has 2 aliphatic rings.